The summed E-state index contributed by atoms with van der Waals surface area (Å²) in [6.45, 7) is 0. The smallest absolute Gasteiger partial charge is 1.00 e. The molecule has 1 aromatic heterocycles. The van der Waals surface area contributed by atoms with E-state index in [-0.39, 0.29) is 79.4 Å². The van der Waals surface area contributed by atoms with E-state index in [1.807, 2.05) is 60.7 Å². The number of nitrogens with zero attached hydrogens (tertiary/aromatic N) is 1. The standard InChI is InChI=1S/C24H22BrNO4S2.2Na.2H/c25-19-7-5-17-6-9-20(26-21(17)15-19)8-4-16-2-1-3-18(14-16)24(31-12-10-22(27)28)32-13-11-23(29)30;;;;/h1-9,14-15,24H,10-13H2,(H,27,28)(H,29,30);;;;/q;2*+1;2*-1. The van der Waals surface area contributed by atoms with Crippen LogP contribution in [0.2, 0.25) is 0 Å². The summed E-state index contributed by atoms with van der Waals surface area (Å²) in [5.41, 5.74) is 3.80. The van der Waals surface area contributed by atoms with Gasteiger partial charge in [-0.05, 0) is 41.5 Å². The number of hydrogen-bond donors (Lipinski definition) is 2. The molecule has 0 fully saturated rings. The summed E-state index contributed by atoms with van der Waals surface area (Å²) in [6, 6.07) is 18.0. The minimum atomic E-state index is -0.835. The Bertz CT molecular complexity index is 1140. The van der Waals surface area contributed by atoms with Crippen LogP contribution in [0.3, 0.4) is 0 Å². The first kappa shape index (κ1) is 31.7. The van der Waals surface area contributed by atoms with Gasteiger partial charge < -0.3 is 13.1 Å². The van der Waals surface area contributed by atoms with Crippen LogP contribution in [0.1, 0.15) is 37.1 Å². The average Bonchev–Trinajstić information content (AvgIpc) is 2.76. The number of fused-ring (bicyclic) bond motifs is 1. The number of halogens is 1. The van der Waals surface area contributed by atoms with E-state index in [0.717, 1.165) is 32.2 Å². The van der Waals surface area contributed by atoms with Crippen LogP contribution in [-0.2, 0) is 9.59 Å². The molecule has 5 nitrogen and oxygen atoms in total. The summed E-state index contributed by atoms with van der Waals surface area (Å²) in [5, 5.41) is 18.9. The maximum absolute atomic E-state index is 10.9. The van der Waals surface area contributed by atoms with Crippen LogP contribution >= 0.6 is 39.5 Å². The van der Waals surface area contributed by atoms with Gasteiger partial charge in [-0.25, -0.2) is 4.98 Å². The maximum Gasteiger partial charge on any atom is 1.00 e. The molecule has 0 spiro atoms. The molecule has 0 aliphatic heterocycles. The van der Waals surface area contributed by atoms with Crippen LogP contribution < -0.4 is 59.1 Å². The van der Waals surface area contributed by atoms with Crippen molar-refractivity contribution < 1.29 is 81.8 Å². The van der Waals surface area contributed by atoms with Crippen LogP contribution in [0.15, 0.2) is 59.1 Å². The Balaban J connectivity index is 0. The predicted octanol–water partition coefficient (Wildman–Crippen LogP) is 0.815. The number of hydrogen-bond acceptors (Lipinski definition) is 5. The van der Waals surface area contributed by atoms with Crippen molar-refractivity contribution in [1.82, 2.24) is 4.98 Å². The molecular weight excluding hydrogens is 556 g/mol. The van der Waals surface area contributed by atoms with Crippen molar-refractivity contribution >= 4 is 74.4 Å². The van der Waals surface area contributed by atoms with Gasteiger partial charge in [0.25, 0.3) is 0 Å². The third-order valence-electron chi connectivity index (χ3n) is 4.48. The van der Waals surface area contributed by atoms with Gasteiger partial charge in [0.1, 0.15) is 0 Å². The van der Waals surface area contributed by atoms with Gasteiger partial charge in [0.2, 0.25) is 0 Å². The number of benzene rings is 2. The van der Waals surface area contributed by atoms with Crippen LogP contribution in [0, 0.1) is 0 Å². The number of rotatable bonds is 11. The molecule has 0 bridgehead atoms. The van der Waals surface area contributed by atoms with Crippen molar-refractivity contribution in [2.24, 2.45) is 0 Å². The summed E-state index contributed by atoms with van der Waals surface area (Å²) in [7, 11) is 0. The van der Waals surface area contributed by atoms with E-state index in [1.165, 1.54) is 23.5 Å². The number of carboxylic acid groups (broad SMARTS) is 2. The molecule has 170 valence electrons. The Morgan fingerprint density at radius 1 is 0.941 bits per heavy atom. The normalized spacial score (nSPS) is 10.8. The molecule has 0 saturated carbocycles. The zero-order chi connectivity index (χ0) is 22.9. The SMILES string of the molecule is O=C(O)CCSC(SCCC(=O)O)c1cccc(C=Cc2ccc3ccc(Br)cc3n2)c1.[H-].[H-].[Na+].[Na+]. The summed E-state index contributed by atoms with van der Waals surface area (Å²) in [5.74, 6) is -0.732. The van der Waals surface area contributed by atoms with Crippen molar-refractivity contribution in [3.63, 3.8) is 0 Å². The largest absolute Gasteiger partial charge is 1.00 e. The van der Waals surface area contributed by atoms with Gasteiger partial charge in [-0.15, -0.1) is 23.5 Å². The van der Waals surface area contributed by atoms with E-state index in [1.54, 1.807) is 0 Å². The van der Waals surface area contributed by atoms with Gasteiger partial charge in [-0.3, -0.25) is 9.59 Å². The minimum Gasteiger partial charge on any atom is -1.00 e. The molecule has 0 amide bonds. The molecule has 0 atom stereocenters. The quantitative estimate of drug-likeness (QED) is 0.257. The molecule has 1 heterocycles. The second kappa shape index (κ2) is 16.5. The molecule has 2 aromatic carbocycles. The topological polar surface area (TPSA) is 87.5 Å². The second-order valence-electron chi connectivity index (χ2n) is 6.94. The van der Waals surface area contributed by atoms with Gasteiger partial charge in [-0.2, -0.15) is 0 Å². The predicted molar refractivity (Wildman–Crippen MR) is 139 cm³/mol. The first-order valence-electron chi connectivity index (χ1n) is 9.92. The van der Waals surface area contributed by atoms with Crippen molar-refractivity contribution in [2.75, 3.05) is 11.5 Å². The Morgan fingerprint density at radius 3 is 2.24 bits per heavy atom. The summed E-state index contributed by atoms with van der Waals surface area (Å²) in [4.78, 5) is 26.4. The minimum absolute atomic E-state index is 0. The van der Waals surface area contributed by atoms with E-state index >= 15 is 0 Å². The third-order valence-corrected chi connectivity index (χ3v) is 7.81. The van der Waals surface area contributed by atoms with Gasteiger partial charge >= 0.3 is 71.1 Å². The third kappa shape index (κ3) is 10.8. The molecular formula is C24H24BrNNa2O4S2. The Labute approximate surface area is 263 Å². The van der Waals surface area contributed by atoms with E-state index < -0.39 is 11.9 Å². The van der Waals surface area contributed by atoms with Crippen LogP contribution in [0.4, 0.5) is 0 Å². The molecule has 34 heavy (non-hydrogen) atoms. The fraction of sp³-hybridized carbons (Fsp3) is 0.208. The number of aliphatic carboxylic acids is 2. The average molecular weight is 580 g/mol. The Morgan fingerprint density at radius 2 is 1.59 bits per heavy atom. The molecule has 0 radical (unpaired) electrons. The number of carbonyl (C=O) groups is 2. The van der Waals surface area contributed by atoms with Crippen molar-refractivity contribution in [1.29, 1.82) is 0 Å². The molecule has 0 saturated heterocycles. The van der Waals surface area contributed by atoms with Crippen LogP contribution in [0.5, 0.6) is 0 Å². The number of carboxylic acids is 2. The fourth-order valence-electron chi connectivity index (χ4n) is 2.94. The van der Waals surface area contributed by atoms with Gasteiger partial charge in [-0.1, -0.05) is 52.3 Å². The summed E-state index contributed by atoms with van der Waals surface area (Å²) < 4.78 is 0.955. The molecule has 0 aliphatic rings. The maximum atomic E-state index is 10.9. The van der Waals surface area contributed by atoms with Crippen molar-refractivity contribution in [2.45, 2.75) is 17.4 Å². The molecule has 0 unspecified atom stereocenters. The Kier molecular flexibility index (Phi) is 15.4. The second-order valence-corrected chi connectivity index (χ2v) is 10.6. The first-order valence-corrected chi connectivity index (χ1v) is 12.8. The molecule has 2 N–H and O–H groups in total. The van der Waals surface area contributed by atoms with Gasteiger partial charge in [0.05, 0.1) is 28.6 Å². The van der Waals surface area contributed by atoms with E-state index in [4.69, 9.17) is 10.2 Å². The first-order chi connectivity index (χ1) is 15.4. The molecule has 10 heteroatoms. The summed E-state index contributed by atoms with van der Waals surface area (Å²) in [6.07, 6.45) is 4.11. The van der Waals surface area contributed by atoms with Crippen LogP contribution in [-0.4, -0.2) is 38.6 Å². The zero-order valence-corrected chi connectivity index (χ0v) is 26.3. The zero-order valence-electron chi connectivity index (χ0n) is 21.1. The van der Waals surface area contributed by atoms with Crippen LogP contribution in [0.25, 0.3) is 23.1 Å². The van der Waals surface area contributed by atoms with E-state index in [9.17, 15) is 9.59 Å². The van der Waals surface area contributed by atoms with E-state index in [0.29, 0.717) is 11.5 Å². The van der Waals surface area contributed by atoms with Gasteiger partial charge in [0, 0.05) is 21.4 Å². The monoisotopic (exact) mass is 579 g/mol. The number of pyridine rings is 1. The number of thioether (sulfide) groups is 2. The molecule has 3 aromatic rings. The van der Waals surface area contributed by atoms with Gasteiger partial charge in [0.15, 0.2) is 0 Å². The van der Waals surface area contributed by atoms with Crippen molar-refractivity contribution in [3.05, 3.63) is 75.9 Å². The van der Waals surface area contributed by atoms with Crippen molar-refractivity contribution in [3.8, 4) is 0 Å². The molecule has 0 aliphatic carbocycles. The number of aromatic nitrogens is 1. The summed E-state index contributed by atoms with van der Waals surface area (Å²) >= 11 is 6.54. The van der Waals surface area contributed by atoms with E-state index in [2.05, 4.69) is 27.0 Å². The fourth-order valence-corrected chi connectivity index (χ4v) is 5.94. The molecule has 3 rings (SSSR count). The Hall–Kier alpha value is -0.290.